The van der Waals surface area contributed by atoms with Crippen LogP contribution in [0.1, 0.15) is 37.3 Å². The number of likely N-dealkylation sites (tertiary alicyclic amines) is 1. The molecule has 3 aliphatic rings. The highest BCUT2D eigenvalue weighted by atomic mass is 32.2. The van der Waals surface area contributed by atoms with Gasteiger partial charge in [0.05, 0.1) is 19.3 Å². The highest BCUT2D eigenvalue weighted by Crippen LogP contribution is 2.38. The number of carbonyl (C=O) groups is 2. The molecular formula is C19H24N2O4S. The molecule has 2 fully saturated rings. The summed E-state index contributed by atoms with van der Waals surface area (Å²) in [4.78, 5) is 28.2. The zero-order valence-electron chi connectivity index (χ0n) is 14.8. The van der Waals surface area contributed by atoms with Crippen LogP contribution in [0.5, 0.6) is 11.5 Å². The van der Waals surface area contributed by atoms with Gasteiger partial charge < -0.3 is 19.3 Å². The zero-order chi connectivity index (χ0) is 17.9. The molecule has 0 bridgehead atoms. The van der Waals surface area contributed by atoms with Crippen molar-refractivity contribution >= 4 is 22.9 Å². The highest BCUT2D eigenvalue weighted by Gasteiger charge is 2.31. The van der Waals surface area contributed by atoms with Crippen LogP contribution in [0.4, 0.5) is 4.79 Å². The van der Waals surface area contributed by atoms with Crippen molar-refractivity contribution in [1.82, 2.24) is 9.80 Å². The standard InChI is InChI=1S/C19H24N2O4S/c22-18(6-8-20-9-12-26-19(20)23)21-7-1-3-15(21)14-4-5-16-17(13-14)25-11-2-10-24-16/h4-5,13,15H,1-3,6-12H2/t15-/m0/s1. The molecule has 2 amide bonds. The maximum absolute atomic E-state index is 12.8. The molecule has 0 aromatic heterocycles. The van der Waals surface area contributed by atoms with Gasteiger partial charge in [0.1, 0.15) is 0 Å². The van der Waals surface area contributed by atoms with Crippen LogP contribution in [-0.4, -0.2) is 59.5 Å². The lowest BCUT2D eigenvalue weighted by molar-refractivity contribution is -0.132. The van der Waals surface area contributed by atoms with E-state index in [1.807, 2.05) is 23.1 Å². The fourth-order valence-electron chi connectivity index (χ4n) is 3.80. The van der Waals surface area contributed by atoms with E-state index in [1.165, 1.54) is 11.8 Å². The monoisotopic (exact) mass is 376 g/mol. The Balaban J connectivity index is 1.43. The molecule has 0 unspecified atom stereocenters. The highest BCUT2D eigenvalue weighted by molar-refractivity contribution is 8.13. The van der Waals surface area contributed by atoms with Gasteiger partial charge in [0, 0.05) is 38.2 Å². The van der Waals surface area contributed by atoms with Crippen LogP contribution in [0.2, 0.25) is 0 Å². The first kappa shape index (κ1) is 17.5. The van der Waals surface area contributed by atoms with E-state index in [2.05, 4.69) is 0 Å². The smallest absolute Gasteiger partial charge is 0.281 e. The molecule has 7 heteroatoms. The van der Waals surface area contributed by atoms with E-state index in [0.29, 0.717) is 26.2 Å². The Morgan fingerprint density at radius 2 is 2.00 bits per heavy atom. The van der Waals surface area contributed by atoms with E-state index >= 15 is 0 Å². The van der Waals surface area contributed by atoms with Gasteiger partial charge in [-0.25, -0.2) is 0 Å². The fourth-order valence-corrected chi connectivity index (χ4v) is 4.65. The van der Waals surface area contributed by atoms with Crippen LogP contribution < -0.4 is 9.47 Å². The van der Waals surface area contributed by atoms with Gasteiger partial charge in [-0.05, 0) is 30.5 Å². The van der Waals surface area contributed by atoms with Crippen LogP contribution in [0.25, 0.3) is 0 Å². The van der Waals surface area contributed by atoms with Gasteiger partial charge in [-0.15, -0.1) is 0 Å². The summed E-state index contributed by atoms with van der Waals surface area (Å²) in [6.45, 7) is 3.39. The number of rotatable bonds is 4. The number of fused-ring (bicyclic) bond motifs is 1. The molecule has 3 heterocycles. The molecule has 0 radical (unpaired) electrons. The van der Waals surface area contributed by atoms with Gasteiger partial charge in [0.25, 0.3) is 5.24 Å². The summed E-state index contributed by atoms with van der Waals surface area (Å²) in [5.41, 5.74) is 1.10. The summed E-state index contributed by atoms with van der Waals surface area (Å²) in [7, 11) is 0. The van der Waals surface area contributed by atoms with E-state index in [-0.39, 0.29) is 17.2 Å². The van der Waals surface area contributed by atoms with Crippen molar-refractivity contribution in [3.63, 3.8) is 0 Å². The van der Waals surface area contributed by atoms with Crippen molar-refractivity contribution in [2.45, 2.75) is 31.7 Å². The summed E-state index contributed by atoms with van der Waals surface area (Å²) in [6.07, 6.45) is 3.24. The van der Waals surface area contributed by atoms with Crippen LogP contribution >= 0.6 is 11.8 Å². The second-order valence-electron chi connectivity index (χ2n) is 6.85. The van der Waals surface area contributed by atoms with Gasteiger partial charge in [-0.1, -0.05) is 17.8 Å². The van der Waals surface area contributed by atoms with Gasteiger partial charge in [-0.2, -0.15) is 0 Å². The first-order valence-corrected chi connectivity index (χ1v) is 10.3. The van der Waals surface area contributed by atoms with Gasteiger partial charge in [-0.3, -0.25) is 9.59 Å². The SMILES string of the molecule is O=C1SCCN1CCC(=O)N1CCC[C@H]1c1ccc2c(c1)OCCCO2. The third kappa shape index (κ3) is 3.63. The lowest BCUT2D eigenvalue weighted by Gasteiger charge is -2.26. The molecule has 26 heavy (non-hydrogen) atoms. The number of thioether (sulfide) groups is 1. The van der Waals surface area contributed by atoms with Crippen LogP contribution in [0.3, 0.4) is 0 Å². The number of hydrogen-bond acceptors (Lipinski definition) is 5. The maximum Gasteiger partial charge on any atom is 0.281 e. The summed E-state index contributed by atoms with van der Waals surface area (Å²) in [5.74, 6) is 2.52. The molecule has 0 saturated carbocycles. The van der Waals surface area contributed by atoms with Crippen LogP contribution in [0, 0.1) is 0 Å². The zero-order valence-corrected chi connectivity index (χ0v) is 15.6. The summed E-state index contributed by atoms with van der Waals surface area (Å²) in [5, 5.41) is 0.0960. The first-order chi connectivity index (χ1) is 12.7. The molecule has 0 spiro atoms. The molecule has 0 N–H and O–H groups in total. The molecule has 1 aromatic rings. The predicted molar refractivity (Wildman–Crippen MR) is 99.8 cm³/mol. The van der Waals surface area contributed by atoms with Crippen molar-refractivity contribution in [2.75, 3.05) is 38.6 Å². The lowest BCUT2D eigenvalue weighted by Crippen LogP contribution is -2.34. The van der Waals surface area contributed by atoms with Crippen molar-refractivity contribution < 1.29 is 19.1 Å². The number of amides is 2. The second-order valence-corrected chi connectivity index (χ2v) is 7.90. The largest absolute Gasteiger partial charge is 0.490 e. The van der Waals surface area contributed by atoms with E-state index < -0.39 is 0 Å². The Bertz CT molecular complexity index is 696. The van der Waals surface area contributed by atoms with Crippen molar-refractivity contribution in [1.29, 1.82) is 0 Å². The molecule has 2 saturated heterocycles. The van der Waals surface area contributed by atoms with Crippen LogP contribution in [-0.2, 0) is 4.79 Å². The van der Waals surface area contributed by atoms with E-state index in [9.17, 15) is 9.59 Å². The van der Waals surface area contributed by atoms with Crippen LogP contribution in [0.15, 0.2) is 18.2 Å². The number of benzene rings is 1. The Morgan fingerprint density at radius 1 is 1.15 bits per heavy atom. The molecule has 6 nitrogen and oxygen atoms in total. The van der Waals surface area contributed by atoms with Gasteiger partial charge >= 0.3 is 0 Å². The number of nitrogens with zero attached hydrogens (tertiary/aromatic N) is 2. The molecule has 4 rings (SSSR count). The van der Waals surface area contributed by atoms with E-state index in [0.717, 1.165) is 55.2 Å². The topological polar surface area (TPSA) is 59.1 Å². The lowest BCUT2D eigenvalue weighted by atomic mass is 10.0. The molecule has 1 atom stereocenters. The summed E-state index contributed by atoms with van der Waals surface area (Å²) < 4.78 is 11.5. The van der Waals surface area contributed by atoms with Crippen molar-refractivity contribution in [3.05, 3.63) is 23.8 Å². The minimum Gasteiger partial charge on any atom is -0.490 e. The first-order valence-electron chi connectivity index (χ1n) is 9.33. The number of ether oxygens (including phenoxy) is 2. The molecule has 1 aromatic carbocycles. The molecule has 140 valence electrons. The summed E-state index contributed by atoms with van der Waals surface area (Å²) >= 11 is 1.34. The third-order valence-corrected chi connectivity index (χ3v) is 6.06. The second kappa shape index (κ2) is 7.78. The maximum atomic E-state index is 12.8. The Labute approximate surface area is 157 Å². The quantitative estimate of drug-likeness (QED) is 0.808. The molecular weight excluding hydrogens is 352 g/mol. The summed E-state index contributed by atoms with van der Waals surface area (Å²) in [6, 6.07) is 6.11. The minimum absolute atomic E-state index is 0.0864. The van der Waals surface area contributed by atoms with E-state index in [4.69, 9.17) is 9.47 Å². The van der Waals surface area contributed by atoms with E-state index in [1.54, 1.807) is 4.90 Å². The Kier molecular flexibility index (Phi) is 5.24. The fraction of sp³-hybridized carbons (Fsp3) is 0.579. The normalized spacial score (nSPS) is 22.6. The average Bonchev–Trinajstić information content (AvgIpc) is 3.23. The Hall–Kier alpha value is -1.89. The third-order valence-electron chi connectivity index (χ3n) is 5.17. The van der Waals surface area contributed by atoms with Gasteiger partial charge in [0.15, 0.2) is 11.5 Å². The van der Waals surface area contributed by atoms with Gasteiger partial charge in [0.2, 0.25) is 5.91 Å². The number of hydrogen-bond donors (Lipinski definition) is 0. The average molecular weight is 376 g/mol. The minimum atomic E-state index is 0.0864. The molecule has 0 aliphatic carbocycles. The Morgan fingerprint density at radius 3 is 2.81 bits per heavy atom. The van der Waals surface area contributed by atoms with Crippen molar-refractivity contribution in [2.24, 2.45) is 0 Å². The number of carbonyl (C=O) groups excluding carboxylic acids is 2. The van der Waals surface area contributed by atoms with Crippen molar-refractivity contribution in [3.8, 4) is 11.5 Å². The predicted octanol–water partition coefficient (Wildman–Crippen LogP) is 3.07. The molecule has 3 aliphatic heterocycles.